The van der Waals surface area contributed by atoms with Crippen molar-refractivity contribution >= 4 is 34.0 Å². The molecule has 1 atom stereocenters. The lowest BCUT2D eigenvalue weighted by molar-refractivity contribution is 0.0994. The summed E-state index contributed by atoms with van der Waals surface area (Å²) in [5.41, 5.74) is 0.732. The molecule has 0 aliphatic heterocycles. The number of hydrogen-bond donors (Lipinski definition) is 1. The average Bonchev–Trinajstić information content (AvgIpc) is 2.86. The molecule has 0 aliphatic carbocycles. The summed E-state index contributed by atoms with van der Waals surface area (Å²) < 4.78 is 0.802. The fourth-order valence-corrected chi connectivity index (χ4v) is 3.33. The van der Waals surface area contributed by atoms with Crippen LogP contribution >= 0.6 is 23.1 Å². The highest BCUT2D eigenvalue weighted by atomic mass is 32.2. The van der Waals surface area contributed by atoms with Gasteiger partial charge in [0.25, 0.3) is 0 Å². The molecule has 2 rings (SSSR count). The fraction of sp³-hybridized carbons (Fsp3) is 0.250. The fourth-order valence-electron chi connectivity index (χ4n) is 1.40. The number of carbonyl (C=O) groups is 1. The Kier molecular flexibility index (Phi) is 4.33. The summed E-state index contributed by atoms with van der Waals surface area (Å²) in [5, 5.41) is 11.5. The second-order valence-electron chi connectivity index (χ2n) is 3.61. The van der Waals surface area contributed by atoms with Crippen molar-refractivity contribution in [3.8, 4) is 0 Å². The van der Waals surface area contributed by atoms with Crippen molar-refractivity contribution in [1.29, 1.82) is 0 Å². The molecule has 1 aromatic carbocycles. The molecule has 94 valence electrons. The number of anilines is 1. The topological polar surface area (TPSA) is 54.9 Å². The molecule has 0 amide bonds. The Hall–Kier alpha value is -1.40. The average molecular weight is 279 g/mol. The SMILES string of the molecule is CNc1nnc(S[C@H](C)C(=O)c2ccccc2)s1. The first-order valence-electron chi connectivity index (χ1n) is 5.48. The number of carbonyl (C=O) groups excluding carboxylic acids is 1. The van der Waals surface area contributed by atoms with Crippen molar-refractivity contribution in [1.82, 2.24) is 10.2 Å². The van der Waals surface area contributed by atoms with Crippen molar-refractivity contribution in [2.24, 2.45) is 0 Å². The van der Waals surface area contributed by atoms with Gasteiger partial charge in [-0.2, -0.15) is 0 Å². The minimum Gasteiger partial charge on any atom is -0.363 e. The molecule has 4 nitrogen and oxygen atoms in total. The molecule has 0 radical (unpaired) electrons. The van der Waals surface area contributed by atoms with E-state index < -0.39 is 0 Å². The smallest absolute Gasteiger partial charge is 0.206 e. The van der Waals surface area contributed by atoms with E-state index in [1.54, 1.807) is 7.05 Å². The van der Waals surface area contributed by atoms with Gasteiger partial charge in [-0.1, -0.05) is 53.4 Å². The lowest BCUT2D eigenvalue weighted by atomic mass is 10.1. The van der Waals surface area contributed by atoms with E-state index in [9.17, 15) is 4.79 Å². The molecule has 1 aromatic heterocycles. The quantitative estimate of drug-likeness (QED) is 0.673. The Labute approximate surface area is 114 Å². The van der Waals surface area contributed by atoms with Crippen LogP contribution in [0.3, 0.4) is 0 Å². The first-order valence-corrected chi connectivity index (χ1v) is 7.17. The molecule has 0 unspecified atom stereocenters. The number of Topliss-reactive ketones (excluding diaryl/α,β-unsaturated/α-hetero) is 1. The maximum absolute atomic E-state index is 12.1. The molecule has 2 aromatic rings. The third-order valence-electron chi connectivity index (χ3n) is 2.33. The Morgan fingerprint density at radius 1 is 1.33 bits per heavy atom. The number of ketones is 1. The molecule has 0 fully saturated rings. The summed E-state index contributed by atoms with van der Waals surface area (Å²) in [6.45, 7) is 1.89. The number of thioether (sulfide) groups is 1. The summed E-state index contributed by atoms with van der Waals surface area (Å²) in [6, 6.07) is 9.30. The summed E-state index contributed by atoms with van der Waals surface area (Å²) >= 11 is 2.89. The minimum absolute atomic E-state index is 0.113. The lowest BCUT2D eigenvalue weighted by Gasteiger charge is -2.07. The number of hydrogen-bond acceptors (Lipinski definition) is 6. The van der Waals surface area contributed by atoms with Crippen molar-refractivity contribution in [3.63, 3.8) is 0 Å². The van der Waals surface area contributed by atoms with Gasteiger partial charge >= 0.3 is 0 Å². The van der Waals surface area contributed by atoms with Crippen LogP contribution in [0.5, 0.6) is 0 Å². The normalized spacial score (nSPS) is 12.1. The van der Waals surface area contributed by atoms with E-state index in [4.69, 9.17) is 0 Å². The number of benzene rings is 1. The van der Waals surface area contributed by atoms with E-state index in [0.29, 0.717) is 0 Å². The number of aromatic nitrogens is 2. The first-order chi connectivity index (χ1) is 8.70. The van der Waals surface area contributed by atoms with Gasteiger partial charge in [0.1, 0.15) is 0 Å². The van der Waals surface area contributed by atoms with E-state index in [1.165, 1.54) is 23.1 Å². The van der Waals surface area contributed by atoms with Crippen molar-refractivity contribution in [3.05, 3.63) is 35.9 Å². The Bertz CT molecular complexity index is 527. The third-order valence-corrected chi connectivity index (χ3v) is 4.45. The van der Waals surface area contributed by atoms with Gasteiger partial charge in [0.2, 0.25) is 5.13 Å². The van der Waals surface area contributed by atoms with Crippen LogP contribution in [0.25, 0.3) is 0 Å². The Morgan fingerprint density at radius 3 is 2.67 bits per heavy atom. The molecular weight excluding hydrogens is 266 g/mol. The number of nitrogens with zero attached hydrogens (tertiary/aromatic N) is 2. The molecule has 1 N–H and O–H groups in total. The molecule has 1 heterocycles. The molecule has 0 saturated heterocycles. The largest absolute Gasteiger partial charge is 0.363 e. The highest BCUT2D eigenvalue weighted by molar-refractivity contribution is 8.02. The standard InChI is InChI=1S/C12H13N3OS2/c1-8(10(16)9-6-4-3-5-7-9)17-12-15-14-11(13-2)18-12/h3-8H,1-2H3,(H,13,14)/t8-/m1/s1. The Morgan fingerprint density at radius 2 is 2.06 bits per heavy atom. The summed E-state index contributed by atoms with van der Waals surface area (Å²) in [5.74, 6) is 0.113. The maximum atomic E-state index is 12.1. The predicted octanol–water partition coefficient (Wildman–Crippen LogP) is 2.94. The van der Waals surface area contributed by atoms with Crippen LogP contribution < -0.4 is 5.32 Å². The molecule has 6 heteroatoms. The van der Waals surface area contributed by atoms with Gasteiger partial charge in [0, 0.05) is 12.6 Å². The zero-order valence-electron chi connectivity index (χ0n) is 10.1. The van der Waals surface area contributed by atoms with E-state index in [0.717, 1.165) is 15.0 Å². The van der Waals surface area contributed by atoms with Gasteiger partial charge in [0.05, 0.1) is 5.25 Å². The predicted molar refractivity (Wildman–Crippen MR) is 75.5 cm³/mol. The molecule has 0 aliphatic rings. The lowest BCUT2D eigenvalue weighted by Crippen LogP contribution is -2.13. The van der Waals surface area contributed by atoms with Crippen molar-refractivity contribution < 1.29 is 4.79 Å². The molecule has 0 saturated carbocycles. The van der Waals surface area contributed by atoms with Crippen LogP contribution in [0.4, 0.5) is 5.13 Å². The Balaban J connectivity index is 2.03. The molecule has 0 spiro atoms. The third kappa shape index (κ3) is 3.08. The summed E-state index contributed by atoms with van der Waals surface area (Å²) in [7, 11) is 1.80. The van der Waals surface area contributed by atoms with E-state index in [2.05, 4.69) is 15.5 Å². The second kappa shape index (κ2) is 5.97. The van der Waals surface area contributed by atoms with Crippen LogP contribution in [-0.2, 0) is 0 Å². The monoisotopic (exact) mass is 279 g/mol. The maximum Gasteiger partial charge on any atom is 0.206 e. The molecular formula is C12H13N3OS2. The van der Waals surface area contributed by atoms with Gasteiger partial charge < -0.3 is 5.32 Å². The van der Waals surface area contributed by atoms with Gasteiger partial charge in [0.15, 0.2) is 10.1 Å². The van der Waals surface area contributed by atoms with E-state index >= 15 is 0 Å². The minimum atomic E-state index is -0.162. The molecule has 0 bridgehead atoms. The second-order valence-corrected chi connectivity index (χ2v) is 6.18. The van der Waals surface area contributed by atoms with Crippen LogP contribution in [0, 0.1) is 0 Å². The number of rotatable bonds is 5. The van der Waals surface area contributed by atoms with Crippen LogP contribution in [-0.4, -0.2) is 28.3 Å². The number of nitrogens with one attached hydrogen (secondary N) is 1. The highest BCUT2D eigenvalue weighted by Gasteiger charge is 2.18. The van der Waals surface area contributed by atoms with E-state index in [1.807, 2.05) is 37.3 Å². The van der Waals surface area contributed by atoms with Gasteiger partial charge in [-0.15, -0.1) is 10.2 Å². The zero-order chi connectivity index (χ0) is 13.0. The van der Waals surface area contributed by atoms with E-state index in [-0.39, 0.29) is 11.0 Å². The van der Waals surface area contributed by atoms with Crippen LogP contribution in [0.15, 0.2) is 34.7 Å². The van der Waals surface area contributed by atoms with Gasteiger partial charge in [-0.3, -0.25) is 4.79 Å². The highest BCUT2D eigenvalue weighted by Crippen LogP contribution is 2.29. The van der Waals surface area contributed by atoms with Crippen molar-refractivity contribution in [2.45, 2.75) is 16.5 Å². The first kappa shape index (κ1) is 13.0. The van der Waals surface area contributed by atoms with Crippen LogP contribution in [0.2, 0.25) is 0 Å². The molecule has 18 heavy (non-hydrogen) atoms. The van der Waals surface area contributed by atoms with Crippen molar-refractivity contribution in [2.75, 3.05) is 12.4 Å². The summed E-state index contributed by atoms with van der Waals surface area (Å²) in [6.07, 6.45) is 0. The van der Waals surface area contributed by atoms with Gasteiger partial charge in [-0.05, 0) is 6.92 Å². The zero-order valence-corrected chi connectivity index (χ0v) is 11.7. The van der Waals surface area contributed by atoms with Crippen LogP contribution in [0.1, 0.15) is 17.3 Å². The van der Waals surface area contributed by atoms with Gasteiger partial charge in [-0.25, -0.2) is 0 Å². The summed E-state index contributed by atoms with van der Waals surface area (Å²) in [4.78, 5) is 12.1.